The predicted molar refractivity (Wildman–Crippen MR) is 141 cm³/mol. The first-order valence-electron chi connectivity index (χ1n) is 12.4. The summed E-state index contributed by atoms with van der Waals surface area (Å²) >= 11 is 6.27. The number of fused-ring (bicyclic) bond motifs is 1. The minimum atomic E-state index is -0.222. The second kappa shape index (κ2) is 11.0. The summed E-state index contributed by atoms with van der Waals surface area (Å²) in [5.74, 6) is 1.55. The molecule has 10 nitrogen and oxygen atoms in total. The van der Waals surface area contributed by atoms with Crippen molar-refractivity contribution in [1.29, 1.82) is 0 Å². The second-order valence-corrected chi connectivity index (χ2v) is 10.0. The summed E-state index contributed by atoms with van der Waals surface area (Å²) in [7, 11) is 1.54. The van der Waals surface area contributed by atoms with Gasteiger partial charge in [-0.3, -0.25) is 9.59 Å². The van der Waals surface area contributed by atoms with Gasteiger partial charge in [0.25, 0.3) is 0 Å². The van der Waals surface area contributed by atoms with Gasteiger partial charge in [-0.15, -0.1) is 0 Å². The molecule has 2 amide bonds. The molecule has 11 heteroatoms. The lowest BCUT2D eigenvalue weighted by atomic mass is 9.77. The molecule has 0 unspecified atom stereocenters. The van der Waals surface area contributed by atoms with Crippen molar-refractivity contribution >= 4 is 40.0 Å². The van der Waals surface area contributed by atoms with Crippen molar-refractivity contribution in [2.45, 2.75) is 26.2 Å². The Morgan fingerprint density at radius 3 is 2.58 bits per heavy atom. The highest BCUT2D eigenvalue weighted by molar-refractivity contribution is 6.33. The van der Waals surface area contributed by atoms with Crippen LogP contribution in [0.3, 0.4) is 0 Å². The Morgan fingerprint density at radius 2 is 1.92 bits per heavy atom. The molecule has 5 rings (SSSR count). The number of likely N-dealkylation sites (tertiary alicyclic amines) is 1. The third-order valence-electron chi connectivity index (χ3n) is 6.92. The normalized spacial score (nSPS) is 16.1. The zero-order chi connectivity index (χ0) is 26.7. The fourth-order valence-corrected chi connectivity index (χ4v) is 4.89. The molecule has 0 bridgehead atoms. The zero-order valence-corrected chi connectivity index (χ0v) is 22.0. The summed E-state index contributed by atoms with van der Waals surface area (Å²) in [6.07, 6.45) is 3.65. The molecule has 0 aliphatic carbocycles. The lowest BCUT2D eigenvalue weighted by molar-refractivity contribution is -0.153. The van der Waals surface area contributed by atoms with Crippen molar-refractivity contribution in [3.8, 4) is 23.1 Å². The Balaban J connectivity index is 1.25. The maximum atomic E-state index is 12.7. The third kappa shape index (κ3) is 5.61. The fourth-order valence-electron chi connectivity index (χ4n) is 4.67. The van der Waals surface area contributed by atoms with Crippen LogP contribution in [0.5, 0.6) is 23.1 Å². The number of hydrogen-bond acceptors (Lipinski definition) is 8. The van der Waals surface area contributed by atoms with E-state index in [1.165, 1.54) is 20.4 Å². The average molecular weight is 541 g/mol. The highest BCUT2D eigenvalue weighted by Gasteiger charge is 2.41. The number of rotatable bonds is 8. The van der Waals surface area contributed by atoms with E-state index in [-0.39, 0.29) is 24.8 Å². The van der Waals surface area contributed by atoms with E-state index >= 15 is 0 Å². The number of nitrogens with one attached hydrogen (secondary N) is 1. The van der Waals surface area contributed by atoms with Gasteiger partial charge in [-0.2, -0.15) is 0 Å². The van der Waals surface area contributed by atoms with Gasteiger partial charge in [-0.25, -0.2) is 9.97 Å². The molecular weight excluding hydrogens is 512 g/mol. The van der Waals surface area contributed by atoms with Crippen LogP contribution in [-0.4, -0.2) is 66.7 Å². The molecule has 0 saturated carbocycles. The molecule has 2 saturated heterocycles. The van der Waals surface area contributed by atoms with E-state index in [2.05, 4.69) is 15.3 Å². The van der Waals surface area contributed by atoms with Gasteiger partial charge < -0.3 is 29.2 Å². The van der Waals surface area contributed by atoms with Crippen LogP contribution in [0.2, 0.25) is 5.02 Å². The molecule has 2 aliphatic rings. The number of ether oxygens (including phenoxy) is 4. The average Bonchev–Trinajstić information content (AvgIpc) is 2.89. The van der Waals surface area contributed by atoms with E-state index in [9.17, 15) is 9.59 Å². The second-order valence-electron chi connectivity index (χ2n) is 9.60. The Kier molecular flexibility index (Phi) is 7.53. The number of carbonyl (C=O) groups is 2. The number of anilines is 1. The quantitative estimate of drug-likeness (QED) is 0.446. The number of hydrogen-bond donors (Lipinski definition) is 1. The first-order valence-corrected chi connectivity index (χ1v) is 12.8. The van der Waals surface area contributed by atoms with Gasteiger partial charge in [0.2, 0.25) is 17.7 Å². The van der Waals surface area contributed by atoms with Crippen LogP contribution in [0.25, 0.3) is 10.9 Å². The molecule has 0 radical (unpaired) electrons. The summed E-state index contributed by atoms with van der Waals surface area (Å²) in [6, 6.07) is 8.40. The highest BCUT2D eigenvalue weighted by Crippen LogP contribution is 2.39. The van der Waals surface area contributed by atoms with Crippen LogP contribution < -0.4 is 19.5 Å². The first-order chi connectivity index (χ1) is 18.4. The molecule has 3 aromatic rings. The number of halogens is 1. The number of carbonyl (C=O) groups excluding carboxylic acids is 2. The van der Waals surface area contributed by atoms with Crippen molar-refractivity contribution in [3.63, 3.8) is 0 Å². The van der Waals surface area contributed by atoms with Crippen molar-refractivity contribution in [1.82, 2.24) is 14.9 Å². The van der Waals surface area contributed by atoms with E-state index in [4.69, 9.17) is 30.5 Å². The standard InChI is InChI=1S/C27H29ClN4O6/c1-17(33)31-21-4-3-18(11-20(21)28)38-26-19-12-23(35-2)24(13-22(19)29-16-30-26)37-10-5-25(34)32-8-6-27(7-9-32)14-36-15-27/h3-4,11-13,16H,5-10,14-15H2,1-2H3,(H,31,33). The van der Waals surface area contributed by atoms with E-state index in [1.807, 2.05) is 4.90 Å². The zero-order valence-electron chi connectivity index (χ0n) is 21.3. The number of benzene rings is 2. The highest BCUT2D eigenvalue weighted by atomic mass is 35.5. The van der Waals surface area contributed by atoms with Crippen LogP contribution >= 0.6 is 11.6 Å². The van der Waals surface area contributed by atoms with Gasteiger partial charge in [0, 0.05) is 37.6 Å². The Hall–Kier alpha value is -3.63. The van der Waals surface area contributed by atoms with Gasteiger partial charge in [0.1, 0.15) is 12.1 Å². The minimum Gasteiger partial charge on any atom is -0.493 e. The molecule has 200 valence electrons. The molecule has 0 atom stereocenters. The van der Waals surface area contributed by atoms with Crippen LogP contribution in [0.4, 0.5) is 5.69 Å². The summed E-state index contributed by atoms with van der Waals surface area (Å²) in [4.78, 5) is 34.5. The Morgan fingerprint density at radius 1 is 1.13 bits per heavy atom. The summed E-state index contributed by atoms with van der Waals surface area (Å²) in [5.41, 5.74) is 1.36. The topological polar surface area (TPSA) is 112 Å². The SMILES string of the molecule is COc1cc2c(Oc3ccc(NC(C)=O)c(Cl)c3)ncnc2cc1OCCC(=O)N1CCC2(CC1)COC2. The largest absolute Gasteiger partial charge is 0.493 e. The lowest BCUT2D eigenvalue weighted by Gasteiger charge is -2.47. The minimum absolute atomic E-state index is 0.0843. The number of nitrogens with zero attached hydrogens (tertiary/aromatic N) is 3. The Labute approximate surface area is 225 Å². The monoisotopic (exact) mass is 540 g/mol. The van der Waals surface area contributed by atoms with Crippen LogP contribution in [0, 0.1) is 5.41 Å². The number of amides is 2. The van der Waals surface area contributed by atoms with Crippen LogP contribution in [-0.2, 0) is 14.3 Å². The van der Waals surface area contributed by atoms with Gasteiger partial charge in [-0.05, 0) is 31.0 Å². The third-order valence-corrected chi connectivity index (χ3v) is 7.23. The molecular formula is C27H29ClN4O6. The fraction of sp³-hybridized carbons (Fsp3) is 0.407. The van der Waals surface area contributed by atoms with Crippen molar-refractivity contribution in [2.75, 3.05) is 45.3 Å². The van der Waals surface area contributed by atoms with E-state index < -0.39 is 0 Å². The van der Waals surface area contributed by atoms with E-state index in [0.717, 1.165) is 39.1 Å². The maximum Gasteiger partial charge on any atom is 0.230 e. The lowest BCUT2D eigenvalue weighted by Crippen LogP contribution is -2.52. The first kappa shape index (κ1) is 26.0. The van der Waals surface area contributed by atoms with E-state index in [0.29, 0.717) is 50.2 Å². The Bertz CT molecular complexity index is 1350. The number of aromatic nitrogens is 2. The molecule has 2 aromatic carbocycles. The van der Waals surface area contributed by atoms with Gasteiger partial charge in [-0.1, -0.05) is 11.6 Å². The van der Waals surface area contributed by atoms with Gasteiger partial charge >= 0.3 is 0 Å². The molecule has 1 N–H and O–H groups in total. The number of piperidine rings is 1. The smallest absolute Gasteiger partial charge is 0.230 e. The van der Waals surface area contributed by atoms with E-state index in [1.54, 1.807) is 30.3 Å². The van der Waals surface area contributed by atoms with Crippen LogP contribution in [0.1, 0.15) is 26.2 Å². The molecule has 38 heavy (non-hydrogen) atoms. The maximum absolute atomic E-state index is 12.7. The van der Waals surface area contributed by atoms with Gasteiger partial charge in [0.05, 0.1) is 55.0 Å². The molecule has 3 heterocycles. The van der Waals surface area contributed by atoms with Crippen molar-refractivity contribution in [2.24, 2.45) is 5.41 Å². The molecule has 2 aliphatic heterocycles. The predicted octanol–water partition coefficient (Wildman–Crippen LogP) is 4.45. The van der Waals surface area contributed by atoms with Crippen molar-refractivity contribution in [3.05, 3.63) is 41.7 Å². The summed E-state index contributed by atoms with van der Waals surface area (Å²) < 4.78 is 22.8. The molecule has 2 fully saturated rings. The molecule has 1 spiro atoms. The summed E-state index contributed by atoms with van der Waals surface area (Å²) in [5, 5.41) is 3.60. The molecule has 1 aromatic heterocycles. The summed E-state index contributed by atoms with van der Waals surface area (Å²) in [6.45, 7) is 4.79. The van der Waals surface area contributed by atoms with Gasteiger partial charge in [0.15, 0.2) is 11.5 Å². The number of methoxy groups -OCH3 is 1. The van der Waals surface area contributed by atoms with Crippen molar-refractivity contribution < 1.29 is 28.5 Å². The van der Waals surface area contributed by atoms with Crippen LogP contribution in [0.15, 0.2) is 36.7 Å².